The number of nitrogens with zero attached hydrogens (tertiary/aromatic N) is 2. The fraction of sp³-hybridized carbons (Fsp3) is 0.280. The zero-order valence-electron chi connectivity index (χ0n) is 18.6. The number of aryl methyl sites for hydroxylation is 4. The maximum Gasteiger partial charge on any atom is 0.350 e. The second-order valence-electron chi connectivity index (χ2n) is 7.81. The summed E-state index contributed by atoms with van der Waals surface area (Å²) in [6, 6.07) is 14.8. The smallest absolute Gasteiger partial charge is 0.350 e. The number of hydrogen-bond donors (Lipinski definition) is 1. The summed E-state index contributed by atoms with van der Waals surface area (Å²) < 4.78 is 7.28. The molecule has 31 heavy (non-hydrogen) atoms. The van der Waals surface area contributed by atoms with E-state index in [0.29, 0.717) is 18.0 Å². The molecular weight excluding hydrogens is 406 g/mol. The molecule has 6 heteroatoms. The number of hydrogen-bond acceptors (Lipinski definition) is 5. The van der Waals surface area contributed by atoms with E-state index in [-0.39, 0.29) is 5.97 Å². The second-order valence-corrected chi connectivity index (χ2v) is 8.78. The van der Waals surface area contributed by atoms with Gasteiger partial charge in [-0.15, -0.1) is 0 Å². The normalized spacial score (nSPS) is 11.1. The molecule has 0 bridgehead atoms. The summed E-state index contributed by atoms with van der Waals surface area (Å²) in [6.07, 6.45) is 0. The molecule has 2 heterocycles. The first-order valence-corrected chi connectivity index (χ1v) is 11.3. The third-order valence-electron chi connectivity index (χ3n) is 5.49. The van der Waals surface area contributed by atoms with Crippen LogP contribution in [0.4, 0.5) is 5.82 Å². The molecule has 5 nitrogen and oxygen atoms in total. The number of imidazole rings is 1. The first-order valence-electron chi connectivity index (χ1n) is 10.4. The number of carbonyl (C=O) groups excluding carboxylic acids is 1. The van der Waals surface area contributed by atoms with Gasteiger partial charge in [0.15, 0.2) is 4.96 Å². The van der Waals surface area contributed by atoms with E-state index in [4.69, 9.17) is 9.72 Å². The van der Waals surface area contributed by atoms with Crippen LogP contribution in [-0.2, 0) is 11.3 Å². The van der Waals surface area contributed by atoms with Gasteiger partial charge in [-0.05, 0) is 57.4 Å². The number of ether oxygens (including phenoxy) is 1. The molecule has 0 unspecified atom stereocenters. The van der Waals surface area contributed by atoms with Crippen LogP contribution in [0.5, 0.6) is 0 Å². The van der Waals surface area contributed by atoms with Gasteiger partial charge in [0.2, 0.25) is 0 Å². The molecule has 1 N–H and O–H groups in total. The molecule has 0 aliphatic heterocycles. The summed E-state index contributed by atoms with van der Waals surface area (Å²) in [5, 5.41) is 3.59. The van der Waals surface area contributed by atoms with Crippen molar-refractivity contribution in [2.75, 3.05) is 11.9 Å². The highest BCUT2D eigenvalue weighted by molar-refractivity contribution is 7.19. The highest BCUT2D eigenvalue weighted by Gasteiger charge is 2.23. The highest BCUT2D eigenvalue weighted by atomic mass is 32.1. The highest BCUT2D eigenvalue weighted by Crippen LogP contribution is 2.35. The minimum atomic E-state index is -0.298. The quantitative estimate of drug-likeness (QED) is 0.374. The van der Waals surface area contributed by atoms with E-state index in [2.05, 4.69) is 68.6 Å². The van der Waals surface area contributed by atoms with Gasteiger partial charge in [0, 0.05) is 17.8 Å². The van der Waals surface area contributed by atoms with Gasteiger partial charge in [-0.2, -0.15) is 0 Å². The van der Waals surface area contributed by atoms with E-state index in [1.54, 1.807) is 0 Å². The van der Waals surface area contributed by atoms with Crippen LogP contribution in [0.15, 0.2) is 42.5 Å². The topological polar surface area (TPSA) is 55.6 Å². The van der Waals surface area contributed by atoms with Gasteiger partial charge in [0.05, 0.1) is 6.61 Å². The zero-order chi connectivity index (χ0) is 22.1. The minimum absolute atomic E-state index is 0.298. The molecule has 0 aliphatic carbocycles. The predicted molar refractivity (Wildman–Crippen MR) is 127 cm³/mol. The molecule has 0 fully saturated rings. The van der Waals surface area contributed by atoms with Crippen LogP contribution in [0.1, 0.15) is 44.5 Å². The third kappa shape index (κ3) is 4.08. The lowest BCUT2D eigenvalue weighted by Gasteiger charge is -2.11. The van der Waals surface area contributed by atoms with E-state index in [1.807, 2.05) is 18.2 Å². The fourth-order valence-corrected chi connectivity index (χ4v) is 4.71. The Labute approximate surface area is 186 Å². The molecule has 0 atom stereocenters. The molecule has 2 aromatic carbocycles. The Morgan fingerprint density at radius 2 is 1.90 bits per heavy atom. The van der Waals surface area contributed by atoms with Crippen LogP contribution >= 0.6 is 11.3 Å². The van der Waals surface area contributed by atoms with Crippen LogP contribution in [0.25, 0.3) is 16.2 Å². The third-order valence-corrected chi connectivity index (χ3v) is 6.61. The van der Waals surface area contributed by atoms with Crippen molar-refractivity contribution in [1.82, 2.24) is 9.38 Å². The standard InChI is InChI=1S/C25H27N3O2S/c1-6-30-24(29)22-18(5)28-23(26-14-19-9-7-8-15(2)12-19)21(27-25(28)31-22)20-11-10-16(3)17(4)13-20/h7-13,26H,6,14H2,1-5H3. The maximum atomic E-state index is 12.4. The Balaban J connectivity index is 1.82. The number of benzene rings is 2. The van der Waals surface area contributed by atoms with E-state index < -0.39 is 0 Å². The van der Waals surface area contributed by atoms with Crippen molar-refractivity contribution in [3.63, 3.8) is 0 Å². The Morgan fingerprint density at radius 1 is 1.10 bits per heavy atom. The average Bonchev–Trinajstić information content (AvgIpc) is 3.25. The Kier molecular flexibility index (Phi) is 5.83. The number of carbonyl (C=O) groups is 1. The molecular formula is C25H27N3O2S. The van der Waals surface area contributed by atoms with Crippen LogP contribution in [-0.4, -0.2) is 22.0 Å². The Hall–Kier alpha value is -3.12. The predicted octanol–water partition coefficient (Wildman–Crippen LogP) is 6.09. The zero-order valence-corrected chi connectivity index (χ0v) is 19.4. The maximum absolute atomic E-state index is 12.4. The van der Waals surface area contributed by atoms with Gasteiger partial charge in [0.25, 0.3) is 0 Å². The molecule has 4 aromatic rings. The number of aromatic nitrogens is 2. The number of esters is 1. The lowest BCUT2D eigenvalue weighted by molar-refractivity contribution is 0.0531. The van der Waals surface area contributed by atoms with Crippen LogP contribution in [0, 0.1) is 27.7 Å². The lowest BCUT2D eigenvalue weighted by Crippen LogP contribution is -2.07. The molecule has 0 saturated heterocycles. The molecule has 0 aliphatic rings. The van der Waals surface area contributed by atoms with Gasteiger partial charge in [0.1, 0.15) is 16.4 Å². The first-order chi connectivity index (χ1) is 14.9. The van der Waals surface area contributed by atoms with Crippen molar-refractivity contribution in [1.29, 1.82) is 0 Å². The number of thiazole rings is 1. The van der Waals surface area contributed by atoms with E-state index in [0.717, 1.165) is 27.7 Å². The molecule has 0 radical (unpaired) electrons. The Morgan fingerprint density at radius 3 is 2.61 bits per heavy atom. The molecule has 0 amide bonds. The molecule has 160 valence electrons. The summed E-state index contributed by atoms with van der Waals surface area (Å²) >= 11 is 1.37. The second kappa shape index (κ2) is 8.55. The lowest BCUT2D eigenvalue weighted by atomic mass is 10.0. The van der Waals surface area contributed by atoms with Gasteiger partial charge in [-0.3, -0.25) is 4.40 Å². The Bertz CT molecular complexity index is 1270. The van der Waals surface area contributed by atoms with Crippen molar-refractivity contribution in [2.24, 2.45) is 0 Å². The van der Waals surface area contributed by atoms with Crippen molar-refractivity contribution in [3.8, 4) is 11.3 Å². The number of rotatable bonds is 6. The van der Waals surface area contributed by atoms with Crippen molar-refractivity contribution >= 4 is 28.1 Å². The fourth-order valence-electron chi connectivity index (χ4n) is 3.69. The van der Waals surface area contributed by atoms with Crippen molar-refractivity contribution in [2.45, 2.75) is 41.2 Å². The molecule has 0 saturated carbocycles. The van der Waals surface area contributed by atoms with Crippen LogP contribution < -0.4 is 5.32 Å². The first kappa shape index (κ1) is 21.1. The SMILES string of the molecule is CCOC(=O)c1sc2nc(-c3ccc(C)c(C)c3)c(NCc3cccc(C)c3)n2c1C. The molecule has 0 spiro atoms. The van der Waals surface area contributed by atoms with Crippen molar-refractivity contribution < 1.29 is 9.53 Å². The number of anilines is 1. The van der Waals surface area contributed by atoms with Gasteiger partial charge in [-0.25, -0.2) is 9.78 Å². The van der Waals surface area contributed by atoms with Crippen LogP contribution in [0.2, 0.25) is 0 Å². The van der Waals surface area contributed by atoms with E-state index in [1.165, 1.54) is 33.6 Å². The summed E-state index contributed by atoms with van der Waals surface area (Å²) in [4.78, 5) is 18.7. The number of nitrogens with one attached hydrogen (secondary N) is 1. The summed E-state index contributed by atoms with van der Waals surface area (Å²) in [6.45, 7) is 11.1. The molecule has 2 aromatic heterocycles. The summed E-state index contributed by atoms with van der Waals surface area (Å²) in [7, 11) is 0. The monoisotopic (exact) mass is 433 g/mol. The van der Waals surface area contributed by atoms with E-state index in [9.17, 15) is 4.79 Å². The minimum Gasteiger partial charge on any atom is -0.462 e. The molecule has 4 rings (SSSR count). The number of fused-ring (bicyclic) bond motifs is 1. The van der Waals surface area contributed by atoms with Gasteiger partial charge >= 0.3 is 5.97 Å². The van der Waals surface area contributed by atoms with Crippen molar-refractivity contribution in [3.05, 3.63) is 75.3 Å². The van der Waals surface area contributed by atoms with E-state index >= 15 is 0 Å². The average molecular weight is 434 g/mol. The summed E-state index contributed by atoms with van der Waals surface area (Å²) in [5.41, 5.74) is 7.68. The van der Waals surface area contributed by atoms with Gasteiger partial charge < -0.3 is 10.1 Å². The van der Waals surface area contributed by atoms with Gasteiger partial charge in [-0.1, -0.05) is 53.3 Å². The van der Waals surface area contributed by atoms with Crippen LogP contribution in [0.3, 0.4) is 0 Å². The summed E-state index contributed by atoms with van der Waals surface area (Å²) in [5.74, 6) is 0.594. The largest absolute Gasteiger partial charge is 0.462 e.